The summed E-state index contributed by atoms with van der Waals surface area (Å²) in [6.07, 6.45) is 4.09. The zero-order valence-electron chi connectivity index (χ0n) is 22.0. The van der Waals surface area contributed by atoms with E-state index in [2.05, 4.69) is 13.0 Å². The topological polar surface area (TPSA) is 107 Å². The number of allylic oxidation sites excluding steroid dienone is 2. The van der Waals surface area contributed by atoms with Crippen molar-refractivity contribution in [1.29, 1.82) is 0 Å². The molecule has 0 spiro atoms. The van der Waals surface area contributed by atoms with Gasteiger partial charge in [-0.15, -0.1) is 11.6 Å². The number of rotatable bonds is 6. The van der Waals surface area contributed by atoms with Crippen molar-refractivity contribution in [2.45, 2.75) is 103 Å². The number of ether oxygens (including phenoxy) is 2. The van der Waals surface area contributed by atoms with E-state index in [4.69, 9.17) is 21.1 Å². The van der Waals surface area contributed by atoms with Crippen molar-refractivity contribution >= 4 is 35.1 Å². The van der Waals surface area contributed by atoms with Crippen LogP contribution < -0.4 is 0 Å². The fraction of sp³-hybridized carbons (Fsp3) is 0.786. The first kappa shape index (κ1) is 27.3. The molecular weight excluding hydrogens is 484 g/mol. The highest BCUT2D eigenvalue weighted by molar-refractivity contribution is 6.26. The average molecular weight is 523 g/mol. The zero-order chi connectivity index (χ0) is 26.7. The highest BCUT2D eigenvalue weighted by atomic mass is 35.5. The molecule has 4 aliphatic rings. The van der Waals surface area contributed by atoms with E-state index in [0.717, 1.165) is 5.57 Å². The van der Waals surface area contributed by atoms with Gasteiger partial charge in [-0.1, -0.05) is 46.3 Å². The van der Waals surface area contributed by atoms with Gasteiger partial charge in [-0.05, 0) is 37.5 Å². The fourth-order valence-corrected chi connectivity index (χ4v) is 8.82. The summed E-state index contributed by atoms with van der Waals surface area (Å²) in [5.74, 6) is -1.89. The molecule has 8 heteroatoms. The van der Waals surface area contributed by atoms with Crippen LogP contribution in [0.25, 0.3) is 0 Å². The normalized spacial score (nSPS) is 43.5. The number of Topliss-reactive ketones (excluding diaryl/α,β-unsaturated/α-hetero) is 2. The molecule has 0 aromatic heterocycles. The van der Waals surface area contributed by atoms with E-state index in [1.165, 1.54) is 0 Å². The molecule has 0 heterocycles. The number of ketones is 2. The molecule has 4 rings (SSSR count). The Labute approximate surface area is 218 Å². The smallest absolute Gasteiger partial charge is 0.306 e. The van der Waals surface area contributed by atoms with Gasteiger partial charge in [0.1, 0.15) is 5.78 Å². The van der Waals surface area contributed by atoms with Crippen molar-refractivity contribution in [3.63, 3.8) is 0 Å². The lowest BCUT2D eigenvalue weighted by molar-refractivity contribution is -0.204. The van der Waals surface area contributed by atoms with Gasteiger partial charge in [-0.3, -0.25) is 19.2 Å². The minimum absolute atomic E-state index is 0.0981. The second-order valence-corrected chi connectivity index (χ2v) is 12.4. The highest BCUT2D eigenvalue weighted by Crippen LogP contribution is 2.72. The maximum absolute atomic E-state index is 13.9. The molecule has 0 aliphatic heterocycles. The van der Waals surface area contributed by atoms with Gasteiger partial charge in [-0.25, -0.2) is 0 Å². The summed E-state index contributed by atoms with van der Waals surface area (Å²) >= 11 is 7.53. The first-order valence-electron chi connectivity index (χ1n) is 13.3. The predicted octanol–water partition coefficient (Wildman–Crippen LogP) is 4.31. The number of aliphatic hydroxyl groups is 1. The number of esters is 2. The van der Waals surface area contributed by atoms with E-state index < -0.39 is 51.7 Å². The Morgan fingerprint density at radius 1 is 1.14 bits per heavy atom. The average Bonchev–Trinajstić information content (AvgIpc) is 3.05. The third-order valence-electron chi connectivity index (χ3n) is 10.2. The van der Waals surface area contributed by atoms with Gasteiger partial charge < -0.3 is 14.6 Å². The molecule has 1 N–H and O–H groups in total. The molecule has 4 aliphatic carbocycles. The molecule has 36 heavy (non-hydrogen) atoms. The highest BCUT2D eigenvalue weighted by Gasteiger charge is 2.76. The summed E-state index contributed by atoms with van der Waals surface area (Å²) in [6, 6.07) is 0. The lowest BCUT2D eigenvalue weighted by Gasteiger charge is -2.64. The van der Waals surface area contributed by atoms with Gasteiger partial charge in [0.25, 0.3) is 0 Å². The Kier molecular flexibility index (Phi) is 7.00. The van der Waals surface area contributed by atoms with Gasteiger partial charge in [0, 0.05) is 42.4 Å². The molecule has 3 fully saturated rings. The van der Waals surface area contributed by atoms with Crippen molar-refractivity contribution < 1.29 is 33.8 Å². The van der Waals surface area contributed by atoms with E-state index in [1.54, 1.807) is 13.8 Å². The van der Waals surface area contributed by atoms with Crippen molar-refractivity contribution in [2.24, 2.45) is 28.6 Å². The number of aliphatic hydroxyl groups excluding tert-OH is 1. The zero-order valence-corrected chi connectivity index (χ0v) is 22.8. The number of carbonyl (C=O) groups excluding carboxylic acids is 4. The first-order valence-corrected chi connectivity index (χ1v) is 13.7. The number of alkyl halides is 1. The lowest BCUT2D eigenvalue weighted by atomic mass is 9.45. The van der Waals surface area contributed by atoms with Crippen molar-refractivity contribution in [3.8, 4) is 0 Å². The van der Waals surface area contributed by atoms with E-state index in [9.17, 15) is 24.3 Å². The maximum Gasteiger partial charge on any atom is 0.306 e. The van der Waals surface area contributed by atoms with Crippen LogP contribution in [0.2, 0.25) is 0 Å². The Balaban J connectivity index is 1.80. The van der Waals surface area contributed by atoms with Crippen LogP contribution >= 0.6 is 11.6 Å². The minimum Gasteiger partial charge on any atom is -0.457 e. The van der Waals surface area contributed by atoms with Crippen LogP contribution in [0.15, 0.2) is 11.6 Å². The van der Waals surface area contributed by atoms with E-state index >= 15 is 0 Å². The van der Waals surface area contributed by atoms with Gasteiger partial charge in [0.2, 0.25) is 5.78 Å². The van der Waals surface area contributed by atoms with Crippen LogP contribution in [0.3, 0.4) is 0 Å². The third-order valence-corrected chi connectivity index (χ3v) is 11.1. The Morgan fingerprint density at radius 3 is 2.44 bits per heavy atom. The number of fused-ring (bicyclic) bond motifs is 5. The monoisotopic (exact) mass is 522 g/mol. The Morgan fingerprint density at radius 2 is 1.81 bits per heavy atom. The van der Waals surface area contributed by atoms with Crippen LogP contribution in [0.1, 0.15) is 86.0 Å². The quantitative estimate of drug-likeness (QED) is 0.314. The summed E-state index contributed by atoms with van der Waals surface area (Å²) in [5.41, 5.74) is -1.97. The number of carbonyl (C=O) groups is 4. The minimum atomic E-state index is -1.54. The van der Waals surface area contributed by atoms with Gasteiger partial charge in [-0.2, -0.15) is 0 Å². The van der Waals surface area contributed by atoms with Gasteiger partial charge in [0.05, 0.1) is 11.0 Å². The summed E-state index contributed by atoms with van der Waals surface area (Å²) < 4.78 is 11.3. The first-order chi connectivity index (χ1) is 16.8. The van der Waals surface area contributed by atoms with Crippen molar-refractivity contribution in [2.75, 3.05) is 6.61 Å². The summed E-state index contributed by atoms with van der Waals surface area (Å²) in [4.78, 5) is 49.7. The molecule has 0 amide bonds. The maximum atomic E-state index is 13.9. The molecule has 0 aromatic carbocycles. The molecule has 0 unspecified atom stereocenters. The largest absolute Gasteiger partial charge is 0.457 e. The molecule has 8 atom stereocenters. The number of halogens is 1. The Hall–Kier alpha value is -1.73. The van der Waals surface area contributed by atoms with E-state index in [0.29, 0.717) is 32.1 Å². The van der Waals surface area contributed by atoms with Gasteiger partial charge in [0.15, 0.2) is 12.2 Å². The summed E-state index contributed by atoms with van der Waals surface area (Å²) in [5, 5.41) is 11.8. The van der Waals surface area contributed by atoms with E-state index in [1.807, 2.05) is 13.8 Å². The number of hydrogen-bond donors (Lipinski definition) is 1. The van der Waals surface area contributed by atoms with Crippen LogP contribution in [-0.2, 0) is 28.7 Å². The second-order valence-electron chi connectivity index (χ2n) is 11.8. The molecule has 0 radical (unpaired) electrons. The molecular formula is C28H39ClO7. The Bertz CT molecular complexity index is 1010. The SMILES string of the molecule is CCC(=O)OCC(=O)[C@@]1(OC(=O)CC)[C@@H](C)C[C@H]2[C@@H]3CC=C4CC(=O)CC[C@]4(C)[C@@]3(Cl)[C@@H](O)C[C@@]21C. The molecule has 200 valence electrons. The fourth-order valence-electron chi connectivity index (χ4n) is 8.28. The molecule has 0 bridgehead atoms. The van der Waals surface area contributed by atoms with Crippen LogP contribution in [0, 0.1) is 28.6 Å². The molecule has 7 nitrogen and oxygen atoms in total. The standard InChI is InChI=1S/C28H39ClO7/c1-6-23(33)35-15-22(32)28(36-24(34)7-2)16(3)12-20-19-9-8-17-13-18(30)10-11-25(17,4)27(19,29)21(31)14-26(20,28)5/h8,16,19-21,31H,6-7,9-15H2,1-5H3/t16-,19-,20-,21-,25-,26-,27-,28-/m0/s1. The third kappa shape index (κ3) is 3.55. The predicted molar refractivity (Wildman–Crippen MR) is 133 cm³/mol. The summed E-state index contributed by atoms with van der Waals surface area (Å²) in [7, 11) is 0. The van der Waals surface area contributed by atoms with Crippen LogP contribution in [-0.4, -0.2) is 51.8 Å². The number of hydrogen-bond acceptors (Lipinski definition) is 7. The molecule has 0 aromatic rings. The van der Waals surface area contributed by atoms with Crippen LogP contribution in [0.4, 0.5) is 0 Å². The van der Waals surface area contributed by atoms with Crippen LogP contribution in [0.5, 0.6) is 0 Å². The second kappa shape index (κ2) is 9.23. The van der Waals surface area contributed by atoms with Crippen molar-refractivity contribution in [3.05, 3.63) is 11.6 Å². The van der Waals surface area contributed by atoms with E-state index in [-0.39, 0.29) is 42.8 Å². The molecule has 0 saturated heterocycles. The van der Waals surface area contributed by atoms with Crippen molar-refractivity contribution in [1.82, 2.24) is 0 Å². The van der Waals surface area contributed by atoms with Gasteiger partial charge >= 0.3 is 11.9 Å². The lowest BCUT2D eigenvalue weighted by Crippen LogP contribution is -2.69. The summed E-state index contributed by atoms with van der Waals surface area (Å²) in [6.45, 7) is 8.74. The molecule has 3 saturated carbocycles.